The molecule has 1 aliphatic carbocycles. The number of aromatic hydroxyl groups is 1. The number of aromatic nitrogens is 6. The number of carbonyl (C=O) groups excluding carboxylic acids is 1. The first-order valence-electron chi connectivity index (χ1n) is 27.3. The van der Waals surface area contributed by atoms with Crippen LogP contribution in [0.4, 0.5) is 45.7 Å². The third kappa shape index (κ3) is 22.9. The number of benzene rings is 5. The van der Waals surface area contributed by atoms with Crippen molar-refractivity contribution in [3.05, 3.63) is 129 Å². The molecule has 2 aromatic heterocycles. The van der Waals surface area contributed by atoms with Crippen LogP contribution in [0.2, 0.25) is 10.6 Å². The second-order valence-corrected chi connectivity index (χ2v) is 24.1. The minimum absolute atomic E-state index is 0.0121. The van der Waals surface area contributed by atoms with Gasteiger partial charge in [-0.25, -0.2) is 36.7 Å². The maximum atomic E-state index is 12.5. The molecule has 3 heterocycles. The number of phenols is 1. The highest BCUT2D eigenvalue weighted by Crippen LogP contribution is 2.42. The van der Waals surface area contributed by atoms with Gasteiger partial charge >= 0.3 is 12.1 Å². The van der Waals surface area contributed by atoms with E-state index >= 15 is 0 Å². The van der Waals surface area contributed by atoms with Gasteiger partial charge in [-0.3, -0.25) is 4.79 Å². The van der Waals surface area contributed by atoms with Crippen molar-refractivity contribution >= 4 is 124 Å². The third-order valence-corrected chi connectivity index (χ3v) is 14.2. The molecular weight excluding hydrogens is 1290 g/mol. The number of primary sulfonamides is 2. The number of amides is 1. The van der Waals surface area contributed by atoms with E-state index in [4.69, 9.17) is 73.8 Å². The van der Waals surface area contributed by atoms with Gasteiger partial charge in [0.2, 0.25) is 54.4 Å². The number of hydrogen-bond acceptors (Lipinski definition) is 25. The minimum Gasteiger partial charge on any atom is -0.508 e. The molecule has 0 saturated carbocycles. The van der Waals surface area contributed by atoms with Crippen molar-refractivity contribution < 1.29 is 64.7 Å². The van der Waals surface area contributed by atoms with Crippen LogP contribution in [0.5, 0.6) is 5.75 Å². The number of fused-ring (bicyclic) bond motifs is 2. The fourth-order valence-electron chi connectivity index (χ4n) is 7.92. The van der Waals surface area contributed by atoms with Crippen molar-refractivity contribution in [1.29, 1.82) is 0 Å². The number of nitrogens with zero attached hydrogens (tertiary/aromatic N) is 6. The summed E-state index contributed by atoms with van der Waals surface area (Å²) in [5, 5.41) is 51.6. The summed E-state index contributed by atoms with van der Waals surface area (Å²) in [5.41, 5.74) is 2.39. The van der Waals surface area contributed by atoms with Crippen molar-refractivity contribution in [2.45, 2.75) is 36.2 Å². The summed E-state index contributed by atoms with van der Waals surface area (Å²) >= 11 is 17.4. The smallest absolute Gasteiger partial charge is 0.407 e. The number of carbonyl (C=O) groups is 2. The van der Waals surface area contributed by atoms with Gasteiger partial charge in [-0.15, -0.1) is 0 Å². The number of hydrogen-bond donors (Lipinski definition) is 11. The summed E-state index contributed by atoms with van der Waals surface area (Å²) < 4.78 is 78.6. The number of anilines is 7. The zero-order chi connectivity index (χ0) is 65.7. The number of aromatic carboxylic acids is 1. The molecular formula is C56H63Cl2N15O15S3. The summed E-state index contributed by atoms with van der Waals surface area (Å²) in [6.45, 7) is 9.53. The van der Waals surface area contributed by atoms with E-state index in [1.807, 2.05) is 0 Å². The first kappa shape index (κ1) is 69.7. The number of phenolic OH excluding ortho intramolecular Hbond substituents is 1. The number of carboxylic acids is 1. The molecule has 0 atom stereocenters. The number of alkyl carbamates (subject to hydrolysis) is 1. The first-order valence-corrected chi connectivity index (χ1v) is 31.5. The SMILES string of the molecule is CC(C)(C)OC(=O)NCCOCCOCCNc1nc(Cl)nc(Nc2ccc(S(N)(=O)=O)cc2)n1.NS(=O)(=O)c1ccc(Nc2nc(Cl)nc(NCCOCCOCCNC(=S)Nc3ccc(-c4c5ccc(=O)cc-5oc5cc(O)ccc45)c(C(=O)O)c3)n2)cc1. The van der Waals surface area contributed by atoms with Gasteiger partial charge in [0.15, 0.2) is 10.5 Å². The van der Waals surface area contributed by atoms with E-state index in [9.17, 15) is 41.4 Å². The van der Waals surface area contributed by atoms with Crippen LogP contribution in [-0.2, 0) is 43.7 Å². The Kier molecular flexibility index (Phi) is 25.2. The number of halogens is 2. The summed E-state index contributed by atoms with van der Waals surface area (Å²) in [7, 11) is -7.60. The Bertz CT molecular complexity index is 4080. The Labute approximate surface area is 536 Å². The number of rotatable bonds is 29. The average molecular weight is 1350 g/mol. The highest BCUT2D eigenvalue weighted by atomic mass is 35.5. The molecule has 0 bridgehead atoms. The Morgan fingerprint density at radius 3 is 1.56 bits per heavy atom. The van der Waals surface area contributed by atoms with E-state index in [0.29, 0.717) is 118 Å². The summed E-state index contributed by atoms with van der Waals surface area (Å²) in [6.07, 6.45) is -0.486. The van der Waals surface area contributed by atoms with Crippen LogP contribution in [0.15, 0.2) is 122 Å². The molecule has 0 saturated heterocycles. The molecule has 2 aliphatic rings. The summed E-state index contributed by atoms with van der Waals surface area (Å²) in [5.74, 6) is -0.213. The lowest BCUT2D eigenvalue weighted by Crippen LogP contribution is -2.34. The van der Waals surface area contributed by atoms with Crippen molar-refractivity contribution in [3.8, 4) is 28.2 Å². The van der Waals surface area contributed by atoms with Crippen LogP contribution in [0.1, 0.15) is 31.1 Å². The molecule has 30 nitrogen and oxygen atoms in total. The quantitative estimate of drug-likeness (QED) is 0.0135. The van der Waals surface area contributed by atoms with Crippen LogP contribution >= 0.6 is 35.4 Å². The van der Waals surface area contributed by atoms with Crippen LogP contribution in [0.25, 0.3) is 33.4 Å². The van der Waals surface area contributed by atoms with Crippen molar-refractivity contribution in [1.82, 2.24) is 40.5 Å². The topological polar surface area (TPSA) is 433 Å². The lowest BCUT2D eigenvalue weighted by atomic mass is 9.90. The molecule has 4 aromatic carbocycles. The molecule has 91 heavy (non-hydrogen) atoms. The summed E-state index contributed by atoms with van der Waals surface area (Å²) in [4.78, 5) is 60.5. The molecule has 6 aromatic rings. The molecule has 35 heteroatoms. The second-order valence-electron chi connectivity index (χ2n) is 19.9. The Morgan fingerprint density at radius 1 is 0.593 bits per heavy atom. The Balaban J connectivity index is 0.000000289. The van der Waals surface area contributed by atoms with Gasteiger partial charge in [0.1, 0.15) is 22.7 Å². The maximum absolute atomic E-state index is 12.5. The van der Waals surface area contributed by atoms with Gasteiger partial charge in [-0.05, 0) is 147 Å². The zero-order valence-electron chi connectivity index (χ0n) is 48.8. The first-order chi connectivity index (χ1) is 43.3. The maximum Gasteiger partial charge on any atom is 0.407 e. The van der Waals surface area contributed by atoms with E-state index in [-0.39, 0.29) is 77.3 Å². The number of nitrogens with one attached hydrogen (secondary N) is 7. The van der Waals surface area contributed by atoms with Crippen molar-refractivity contribution in [2.75, 3.05) is 106 Å². The lowest BCUT2D eigenvalue weighted by molar-refractivity contribution is 0.0415. The van der Waals surface area contributed by atoms with Crippen LogP contribution in [-0.4, -0.2) is 159 Å². The molecule has 13 N–H and O–H groups in total. The van der Waals surface area contributed by atoms with Gasteiger partial charge in [0, 0.05) is 71.9 Å². The predicted molar refractivity (Wildman–Crippen MR) is 344 cm³/mol. The molecule has 0 fully saturated rings. The van der Waals surface area contributed by atoms with Crippen molar-refractivity contribution in [2.24, 2.45) is 10.3 Å². The second kappa shape index (κ2) is 32.8. The highest BCUT2D eigenvalue weighted by Gasteiger charge is 2.23. The molecule has 1 amide bonds. The number of ether oxygens (including phenoxy) is 5. The van der Waals surface area contributed by atoms with E-state index in [1.165, 1.54) is 78.9 Å². The molecule has 1 aliphatic heterocycles. The fraction of sp³-hybridized carbons (Fsp3) is 0.286. The van der Waals surface area contributed by atoms with Crippen LogP contribution in [0.3, 0.4) is 0 Å². The highest BCUT2D eigenvalue weighted by molar-refractivity contribution is 7.89. The van der Waals surface area contributed by atoms with E-state index in [0.717, 1.165) is 0 Å². The number of nitrogens with two attached hydrogens (primary N) is 2. The fourth-order valence-corrected chi connectivity index (χ4v) is 9.49. The average Bonchev–Trinajstić information content (AvgIpc) is 0.756. The van der Waals surface area contributed by atoms with Gasteiger partial charge in [-0.1, -0.05) is 6.07 Å². The van der Waals surface area contributed by atoms with Crippen LogP contribution in [0, 0.1) is 0 Å². The normalized spacial score (nSPS) is 11.5. The summed E-state index contributed by atoms with van der Waals surface area (Å²) in [6, 6.07) is 25.1. The van der Waals surface area contributed by atoms with Gasteiger partial charge < -0.3 is 75.5 Å². The van der Waals surface area contributed by atoms with Crippen molar-refractivity contribution in [3.63, 3.8) is 0 Å². The van der Waals surface area contributed by atoms with E-state index < -0.39 is 37.7 Å². The van der Waals surface area contributed by atoms with Gasteiger partial charge in [0.25, 0.3) is 0 Å². The van der Waals surface area contributed by atoms with Gasteiger partial charge in [-0.2, -0.15) is 29.9 Å². The number of thiocarbonyl (C=S) groups is 1. The van der Waals surface area contributed by atoms with Crippen LogP contribution < -0.4 is 52.9 Å². The third-order valence-electron chi connectivity index (χ3n) is 11.8. The van der Waals surface area contributed by atoms with Gasteiger partial charge in [0.05, 0.1) is 68.2 Å². The molecule has 8 rings (SSSR count). The molecule has 0 unspecified atom stereocenters. The van der Waals surface area contributed by atoms with E-state index in [2.05, 4.69) is 67.1 Å². The van der Waals surface area contributed by atoms with E-state index in [1.54, 1.807) is 45.0 Å². The molecule has 0 radical (unpaired) electrons. The monoisotopic (exact) mass is 1350 g/mol. The molecule has 484 valence electrons. The largest absolute Gasteiger partial charge is 0.508 e. The predicted octanol–water partition coefficient (Wildman–Crippen LogP) is 6.52. The number of sulfonamides is 2. The standard InChI is InChI=1S/C36H33ClN8O9S2.C20H30ClN7O6S/c37-33-43-34(45-35(44-33)41-20-1-6-24(7-2-20)56(38,50)51)39-11-13-52-15-16-53-14-12-40-36(55)42-21-3-8-25(28(17-21)32(48)49)31-26-9-4-22(46)18-29(26)54-30-19-23(47)5-10-27(30)31;1-20(2,3)34-19(29)24-9-11-33-13-12-32-10-8-23-17-26-16(21)27-18(28-17)25-14-4-6-15(7-5-14)35(22,30)31/h1-10,17-19,46H,11-16H2,(H,48,49)(H2,38,50,51)(H2,40,42,55)(H2,39,41,43,44,45);4-7H,8-13H2,1-3H3,(H,24,29)(H2,22,30,31)(H2,23,25,26,27,28). The molecule has 0 spiro atoms. The Morgan fingerprint density at radius 2 is 1.07 bits per heavy atom. The Hall–Kier alpha value is -8.74. The number of carboxylic acid groups (broad SMARTS) is 1. The lowest BCUT2D eigenvalue weighted by Gasteiger charge is -2.19. The zero-order valence-corrected chi connectivity index (χ0v) is 52.8. The minimum atomic E-state index is -3.82.